The molecule has 224 valence electrons. The average molecular weight is 607 g/mol. The first-order chi connectivity index (χ1) is 20.8. The van der Waals surface area contributed by atoms with Gasteiger partial charge in [0.05, 0.1) is 34.8 Å². The van der Waals surface area contributed by atoms with Crippen LogP contribution in [0.5, 0.6) is 11.5 Å². The summed E-state index contributed by atoms with van der Waals surface area (Å²) in [5.41, 5.74) is 0.473. The number of morpholine rings is 1. The standard InChI is InChI=1S/C29H30N6O7S/c36-29(24-3-1-2-4-27(24)42-22-15-19-9-10-30-28(19)31-18-22)33-43(39,40)23-7-8-25(26(17-23)35(37)38)32-20-5-6-21(16-20)34-11-13-41-14-12-34/h1-4,7-10,15,17-18,20-21,32H,5-6,11-14,16H2,(H,30,31)(H,33,36)/t20-,21+/m1/s1. The van der Waals surface area contributed by atoms with E-state index in [0.29, 0.717) is 30.7 Å². The second kappa shape index (κ2) is 12.0. The molecule has 3 N–H and O–H groups in total. The molecule has 1 aliphatic heterocycles. The molecule has 0 unspecified atom stereocenters. The van der Waals surface area contributed by atoms with E-state index >= 15 is 0 Å². The molecule has 0 bridgehead atoms. The summed E-state index contributed by atoms with van der Waals surface area (Å²) in [7, 11) is -4.46. The highest BCUT2D eigenvalue weighted by Crippen LogP contribution is 2.33. The predicted molar refractivity (Wildman–Crippen MR) is 158 cm³/mol. The lowest BCUT2D eigenvalue weighted by atomic mass is 10.1. The Kier molecular flexibility index (Phi) is 7.97. The molecule has 1 aliphatic carbocycles. The molecule has 0 spiro atoms. The van der Waals surface area contributed by atoms with Gasteiger partial charge in [-0.05, 0) is 55.7 Å². The Balaban J connectivity index is 1.16. The van der Waals surface area contributed by atoms with E-state index in [2.05, 4.69) is 20.2 Å². The number of carbonyl (C=O) groups excluding carboxylic acids is 1. The third-order valence-electron chi connectivity index (χ3n) is 7.76. The Morgan fingerprint density at radius 1 is 1.12 bits per heavy atom. The zero-order chi connectivity index (χ0) is 30.0. The Hall–Kier alpha value is -4.53. The van der Waals surface area contributed by atoms with Crippen LogP contribution in [0.25, 0.3) is 11.0 Å². The summed E-state index contributed by atoms with van der Waals surface area (Å²) >= 11 is 0. The van der Waals surface area contributed by atoms with Crippen LogP contribution in [-0.4, -0.2) is 72.5 Å². The Morgan fingerprint density at radius 3 is 2.74 bits per heavy atom. The quantitative estimate of drug-likeness (QED) is 0.187. The first kappa shape index (κ1) is 28.6. The number of hydrogen-bond donors (Lipinski definition) is 3. The van der Waals surface area contributed by atoms with Crippen molar-refractivity contribution in [3.05, 3.63) is 82.7 Å². The molecule has 2 aliphatic rings. The molecule has 1 amide bonds. The topological polar surface area (TPSA) is 169 Å². The summed E-state index contributed by atoms with van der Waals surface area (Å²) in [5.74, 6) is -0.479. The van der Waals surface area contributed by atoms with E-state index in [1.807, 2.05) is 10.8 Å². The number of pyridine rings is 1. The summed E-state index contributed by atoms with van der Waals surface area (Å²) in [6, 6.07) is 13.7. The number of sulfonamides is 1. The van der Waals surface area contributed by atoms with E-state index in [1.54, 1.807) is 24.4 Å². The maximum atomic E-state index is 13.2. The lowest BCUT2D eigenvalue weighted by Gasteiger charge is -2.32. The number of nitrogens with zero attached hydrogens (tertiary/aromatic N) is 3. The lowest BCUT2D eigenvalue weighted by molar-refractivity contribution is -0.384. The Labute approximate surface area is 247 Å². The van der Waals surface area contributed by atoms with Gasteiger partial charge in [0.25, 0.3) is 21.6 Å². The van der Waals surface area contributed by atoms with Gasteiger partial charge < -0.3 is 19.8 Å². The summed E-state index contributed by atoms with van der Waals surface area (Å²) in [4.78, 5) is 33.7. The second-order valence-corrected chi connectivity index (χ2v) is 12.2. The molecule has 3 heterocycles. The van der Waals surface area contributed by atoms with Crippen LogP contribution >= 0.6 is 0 Å². The minimum atomic E-state index is -4.46. The predicted octanol–water partition coefficient (Wildman–Crippen LogP) is 4.05. The average Bonchev–Trinajstić information content (AvgIpc) is 3.67. The molecule has 1 saturated carbocycles. The van der Waals surface area contributed by atoms with Crippen LogP contribution in [0.3, 0.4) is 0 Å². The van der Waals surface area contributed by atoms with E-state index in [0.717, 1.165) is 43.8 Å². The lowest BCUT2D eigenvalue weighted by Crippen LogP contribution is -2.42. The number of nitrogens with one attached hydrogen (secondary N) is 3. The molecular weight excluding hydrogens is 576 g/mol. The first-order valence-corrected chi connectivity index (χ1v) is 15.4. The number of fused-ring (bicyclic) bond motifs is 1. The molecule has 6 rings (SSSR count). The maximum absolute atomic E-state index is 13.2. The number of rotatable bonds is 9. The summed E-state index contributed by atoms with van der Waals surface area (Å²) in [6.45, 7) is 3.14. The van der Waals surface area contributed by atoms with Crippen molar-refractivity contribution in [2.75, 3.05) is 31.6 Å². The largest absolute Gasteiger partial charge is 0.455 e. The van der Waals surface area contributed by atoms with Crippen molar-refractivity contribution >= 4 is 38.3 Å². The summed E-state index contributed by atoms with van der Waals surface area (Å²) in [6.07, 6.45) is 5.84. The van der Waals surface area contributed by atoms with Gasteiger partial charge in [0.1, 0.15) is 22.8 Å². The SMILES string of the molecule is O=C(NS(=O)(=O)c1ccc(N[C@@H]2CC[C@H](N3CCOCC3)C2)c([N+](=O)[O-])c1)c1ccccc1Oc1cnc2[nH]ccc2c1. The first-order valence-electron chi connectivity index (χ1n) is 13.9. The van der Waals surface area contributed by atoms with Crippen molar-refractivity contribution in [1.29, 1.82) is 0 Å². The van der Waals surface area contributed by atoms with Crippen molar-refractivity contribution in [2.24, 2.45) is 0 Å². The molecular formula is C29H30N6O7S. The van der Waals surface area contributed by atoms with E-state index in [-0.39, 0.29) is 28.7 Å². The van der Waals surface area contributed by atoms with E-state index in [4.69, 9.17) is 9.47 Å². The van der Waals surface area contributed by atoms with E-state index in [9.17, 15) is 23.3 Å². The molecule has 2 aromatic carbocycles. The van der Waals surface area contributed by atoms with Crippen LogP contribution in [0.4, 0.5) is 11.4 Å². The number of nitro benzene ring substituents is 1. The molecule has 43 heavy (non-hydrogen) atoms. The molecule has 2 atom stereocenters. The van der Waals surface area contributed by atoms with Gasteiger partial charge in [0, 0.05) is 42.8 Å². The van der Waals surface area contributed by atoms with Gasteiger partial charge in [-0.15, -0.1) is 0 Å². The van der Waals surface area contributed by atoms with Crippen LogP contribution in [-0.2, 0) is 14.8 Å². The molecule has 0 radical (unpaired) electrons. The number of para-hydroxylation sites is 1. The maximum Gasteiger partial charge on any atom is 0.293 e. The smallest absolute Gasteiger partial charge is 0.293 e. The number of amides is 1. The third-order valence-corrected chi connectivity index (χ3v) is 9.09. The highest BCUT2D eigenvalue weighted by molar-refractivity contribution is 7.90. The van der Waals surface area contributed by atoms with Crippen LogP contribution in [0.2, 0.25) is 0 Å². The molecule has 2 aromatic heterocycles. The van der Waals surface area contributed by atoms with Crippen molar-refractivity contribution < 1.29 is 27.6 Å². The number of aromatic amines is 1. The zero-order valence-corrected chi connectivity index (χ0v) is 23.9. The number of aromatic nitrogens is 2. The molecule has 4 aromatic rings. The Morgan fingerprint density at radius 2 is 1.93 bits per heavy atom. The van der Waals surface area contributed by atoms with Crippen LogP contribution in [0.15, 0.2) is 71.9 Å². The molecule has 13 nitrogen and oxygen atoms in total. The molecule has 14 heteroatoms. The van der Waals surface area contributed by atoms with Gasteiger partial charge in [0.2, 0.25) is 0 Å². The highest BCUT2D eigenvalue weighted by atomic mass is 32.2. The number of benzene rings is 2. The number of hydrogen-bond acceptors (Lipinski definition) is 10. The van der Waals surface area contributed by atoms with Crippen molar-refractivity contribution in [3.8, 4) is 11.5 Å². The fourth-order valence-electron chi connectivity index (χ4n) is 5.62. The van der Waals surface area contributed by atoms with Gasteiger partial charge in [-0.1, -0.05) is 12.1 Å². The second-order valence-electron chi connectivity index (χ2n) is 10.5. The van der Waals surface area contributed by atoms with E-state index < -0.39 is 25.7 Å². The van der Waals surface area contributed by atoms with Gasteiger partial charge in [0.15, 0.2) is 0 Å². The van der Waals surface area contributed by atoms with Gasteiger partial charge in [-0.3, -0.25) is 19.8 Å². The monoisotopic (exact) mass is 606 g/mol. The summed E-state index contributed by atoms with van der Waals surface area (Å²) < 4.78 is 39.7. The van der Waals surface area contributed by atoms with Gasteiger partial charge in [-0.25, -0.2) is 18.1 Å². The fraction of sp³-hybridized carbons (Fsp3) is 0.310. The highest BCUT2D eigenvalue weighted by Gasteiger charge is 2.32. The molecule has 2 fully saturated rings. The fourth-order valence-corrected chi connectivity index (χ4v) is 6.60. The Bertz CT molecular complexity index is 1770. The van der Waals surface area contributed by atoms with Crippen LogP contribution < -0.4 is 14.8 Å². The van der Waals surface area contributed by atoms with E-state index in [1.165, 1.54) is 30.5 Å². The van der Waals surface area contributed by atoms with Gasteiger partial charge in [-0.2, -0.15) is 0 Å². The number of carbonyl (C=O) groups is 1. The summed E-state index contributed by atoms with van der Waals surface area (Å²) in [5, 5.41) is 16.0. The van der Waals surface area contributed by atoms with Crippen molar-refractivity contribution in [3.63, 3.8) is 0 Å². The number of anilines is 1. The minimum absolute atomic E-state index is 0.0124. The minimum Gasteiger partial charge on any atom is -0.455 e. The molecule has 1 saturated heterocycles. The zero-order valence-electron chi connectivity index (χ0n) is 23.1. The van der Waals surface area contributed by atoms with Crippen LogP contribution in [0.1, 0.15) is 29.6 Å². The van der Waals surface area contributed by atoms with Gasteiger partial charge >= 0.3 is 0 Å². The number of H-pyrrole nitrogens is 1. The third kappa shape index (κ3) is 6.30. The number of ether oxygens (including phenoxy) is 2. The number of nitro groups is 1. The van der Waals surface area contributed by atoms with Crippen LogP contribution in [0, 0.1) is 10.1 Å². The van der Waals surface area contributed by atoms with Crippen molar-refractivity contribution in [1.82, 2.24) is 19.6 Å². The van der Waals surface area contributed by atoms with Crippen molar-refractivity contribution in [2.45, 2.75) is 36.2 Å². The normalized spacial score (nSPS) is 19.3.